The highest BCUT2D eigenvalue weighted by Gasteiger charge is 2.22. The van der Waals surface area contributed by atoms with E-state index in [4.69, 9.17) is 4.74 Å². The average molecular weight is 263 g/mol. The SMILES string of the molecule is COc1ccc(CN(C)C2CCC(O)CC2)cc1C. The van der Waals surface area contributed by atoms with E-state index in [0.29, 0.717) is 6.04 Å². The third-order valence-corrected chi connectivity index (χ3v) is 4.18. The van der Waals surface area contributed by atoms with Gasteiger partial charge in [0.15, 0.2) is 0 Å². The first-order valence-corrected chi connectivity index (χ1v) is 7.12. The normalized spacial score (nSPS) is 23.6. The summed E-state index contributed by atoms with van der Waals surface area (Å²) in [6, 6.07) is 6.99. The summed E-state index contributed by atoms with van der Waals surface area (Å²) in [5, 5.41) is 9.56. The van der Waals surface area contributed by atoms with Crippen molar-refractivity contribution < 1.29 is 9.84 Å². The Hall–Kier alpha value is -1.06. The Morgan fingerprint density at radius 3 is 2.53 bits per heavy atom. The van der Waals surface area contributed by atoms with Crippen molar-refractivity contribution in [3.63, 3.8) is 0 Å². The third-order valence-electron chi connectivity index (χ3n) is 4.18. The monoisotopic (exact) mass is 263 g/mol. The summed E-state index contributed by atoms with van der Waals surface area (Å²) in [6.07, 6.45) is 4.01. The van der Waals surface area contributed by atoms with Crippen LogP contribution >= 0.6 is 0 Å². The second kappa shape index (κ2) is 6.40. The number of aryl methyl sites for hydroxylation is 1. The van der Waals surface area contributed by atoms with Gasteiger partial charge in [-0.1, -0.05) is 12.1 Å². The standard InChI is InChI=1S/C16H25NO2/c1-12-10-13(4-9-16(12)19-3)11-17(2)14-5-7-15(18)8-6-14/h4,9-10,14-15,18H,5-8,11H2,1-3H3. The van der Waals surface area contributed by atoms with Gasteiger partial charge in [0.25, 0.3) is 0 Å². The van der Waals surface area contributed by atoms with Gasteiger partial charge in [-0.3, -0.25) is 4.90 Å². The fourth-order valence-electron chi connectivity index (χ4n) is 2.95. The van der Waals surface area contributed by atoms with Crippen molar-refractivity contribution in [1.82, 2.24) is 4.90 Å². The van der Waals surface area contributed by atoms with E-state index in [9.17, 15) is 5.11 Å². The highest BCUT2D eigenvalue weighted by atomic mass is 16.5. The van der Waals surface area contributed by atoms with Gasteiger partial charge in [-0.15, -0.1) is 0 Å². The molecule has 1 aromatic carbocycles. The van der Waals surface area contributed by atoms with Crippen LogP contribution in [-0.4, -0.2) is 36.3 Å². The van der Waals surface area contributed by atoms with Crippen LogP contribution in [0.25, 0.3) is 0 Å². The molecule has 0 atom stereocenters. The molecule has 1 aliphatic rings. The lowest BCUT2D eigenvalue weighted by atomic mass is 9.92. The Morgan fingerprint density at radius 1 is 1.26 bits per heavy atom. The summed E-state index contributed by atoms with van der Waals surface area (Å²) >= 11 is 0. The maximum absolute atomic E-state index is 9.56. The zero-order chi connectivity index (χ0) is 13.8. The molecule has 1 aliphatic carbocycles. The van der Waals surface area contributed by atoms with Crippen LogP contribution in [0.3, 0.4) is 0 Å². The summed E-state index contributed by atoms with van der Waals surface area (Å²) in [7, 11) is 3.89. The van der Waals surface area contributed by atoms with Gasteiger partial charge in [0.2, 0.25) is 0 Å². The summed E-state index contributed by atoms with van der Waals surface area (Å²) in [5.74, 6) is 0.951. The lowest BCUT2D eigenvalue weighted by Gasteiger charge is -2.33. The maximum atomic E-state index is 9.56. The molecule has 0 heterocycles. The summed E-state index contributed by atoms with van der Waals surface area (Å²) in [6.45, 7) is 3.05. The van der Waals surface area contributed by atoms with E-state index in [0.717, 1.165) is 38.0 Å². The van der Waals surface area contributed by atoms with E-state index in [2.05, 4.69) is 31.0 Å². The fraction of sp³-hybridized carbons (Fsp3) is 0.625. The molecule has 0 aliphatic heterocycles. The first kappa shape index (κ1) is 14.4. The van der Waals surface area contributed by atoms with Crippen molar-refractivity contribution in [3.8, 4) is 5.75 Å². The van der Waals surface area contributed by atoms with Gasteiger partial charge >= 0.3 is 0 Å². The van der Waals surface area contributed by atoms with Gasteiger partial charge in [0.1, 0.15) is 5.75 Å². The van der Waals surface area contributed by atoms with Crippen molar-refractivity contribution in [3.05, 3.63) is 29.3 Å². The van der Waals surface area contributed by atoms with Crippen LogP contribution in [0.2, 0.25) is 0 Å². The van der Waals surface area contributed by atoms with E-state index >= 15 is 0 Å². The molecule has 1 N–H and O–H groups in total. The molecule has 3 heteroatoms. The zero-order valence-electron chi connectivity index (χ0n) is 12.2. The summed E-state index contributed by atoms with van der Waals surface area (Å²) < 4.78 is 5.29. The van der Waals surface area contributed by atoms with Gasteiger partial charge < -0.3 is 9.84 Å². The third kappa shape index (κ3) is 3.71. The minimum atomic E-state index is -0.0760. The minimum absolute atomic E-state index is 0.0760. The lowest BCUT2D eigenvalue weighted by Crippen LogP contribution is -2.35. The highest BCUT2D eigenvalue weighted by molar-refractivity contribution is 5.36. The molecular weight excluding hydrogens is 238 g/mol. The lowest BCUT2D eigenvalue weighted by molar-refractivity contribution is 0.0818. The summed E-state index contributed by atoms with van der Waals surface area (Å²) in [4.78, 5) is 2.41. The maximum Gasteiger partial charge on any atom is 0.121 e. The minimum Gasteiger partial charge on any atom is -0.496 e. The van der Waals surface area contributed by atoms with Crippen LogP contribution in [0.1, 0.15) is 36.8 Å². The molecule has 0 saturated heterocycles. The molecule has 1 saturated carbocycles. The number of ether oxygens (including phenoxy) is 1. The molecule has 1 aromatic rings. The van der Waals surface area contributed by atoms with E-state index < -0.39 is 0 Å². The Kier molecular flexibility index (Phi) is 4.83. The number of hydrogen-bond donors (Lipinski definition) is 1. The Balaban J connectivity index is 1.95. The van der Waals surface area contributed by atoms with Crippen LogP contribution in [-0.2, 0) is 6.54 Å². The van der Waals surface area contributed by atoms with Crippen LogP contribution < -0.4 is 4.74 Å². The van der Waals surface area contributed by atoms with E-state index in [1.165, 1.54) is 11.1 Å². The van der Waals surface area contributed by atoms with Crippen molar-refractivity contribution in [2.45, 2.75) is 51.3 Å². The average Bonchev–Trinajstić information content (AvgIpc) is 2.39. The first-order chi connectivity index (χ1) is 9.10. The topological polar surface area (TPSA) is 32.7 Å². The molecule has 2 rings (SSSR count). The molecule has 0 amide bonds. The number of benzene rings is 1. The zero-order valence-corrected chi connectivity index (χ0v) is 12.2. The molecule has 0 bridgehead atoms. The van der Waals surface area contributed by atoms with E-state index in [1.54, 1.807) is 7.11 Å². The predicted molar refractivity (Wildman–Crippen MR) is 77.5 cm³/mol. The number of hydrogen-bond acceptors (Lipinski definition) is 3. The highest BCUT2D eigenvalue weighted by Crippen LogP contribution is 2.24. The predicted octanol–water partition coefficient (Wildman–Crippen LogP) is 2.74. The first-order valence-electron chi connectivity index (χ1n) is 7.12. The van der Waals surface area contributed by atoms with Gasteiger partial charge in [0, 0.05) is 12.6 Å². The molecule has 0 unspecified atom stereocenters. The van der Waals surface area contributed by atoms with Crippen molar-refractivity contribution >= 4 is 0 Å². The van der Waals surface area contributed by atoms with Crippen molar-refractivity contribution in [2.75, 3.05) is 14.2 Å². The van der Waals surface area contributed by atoms with Crippen molar-refractivity contribution in [1.29, 1.82) is 0 Å². The van der Waals surface area contributed by atoms with Crippen LogP contribution in [0.15, 0.2) is 18.2 Å². The quantitative estimate of drug-likeness (QED) is 0.906. The van der Waals surface area contributed by atoms with Gasteiger partial charge in [-0.05, 0) is 56.8 Å². The molecule has 106 valence electrons. The van der Waals surface area contributed by atoms with Gasteiger partial charge in [0.05, 0.1) is 13.2 Å². The second-order valence-electron chi connectivity index (χ2n) is 5.68. The molecule has 3 nitrogen and oxygen atoms in total. The van der Waals surface area contributed by atoms with Crippen LogP contribution in [0.4, 0.5) is 0 Å². The Labute approximate surface area is 116 Å². The molecule has 0 radical (unpaired) electrons. The van der Waals surface area contributed by atoms with Crippen LogP contribution in [0, 0.1) is 6.92 Å². The van der Waals surface area contributed by atoms with Gasteiger partial charge in [-0.2, -0.15) is 0 Å². The van der Waals surface area contributed by atoms with Crippen LogP contribution in [0.5, 0.6) is 5.75 Å². The molecule has 1 fully saturated rings. The summed E-state index contributed by atoms with van der Waals surface area (Å²) in [5.41, 5.74) is 2.51. The number of aliphatic hydroxyl groups is 1. The van der Waals surface area contributed by atoms with Crippen molar-refractivity contribution in [2.24, 2.45) is 0 Å². The Morgan fingerprint density at radius 2 is 1.95 bits per heavy atom. The van der Waals surface area contributed by atoms with Gasteiger partial charge in [-0.25, -0.2) is 0 Å². The van der Waals surface area contributed by atoms with E-state index in [-0.39, 0.29) is 6.10 Å². The molecular formula is C16H25NO2. The number of nitrogens with zero attached hydrogens (tertiary/aromatic N) is 1. The smallest absolute Gasteiger partial charge is 0.121 e. The van der Waals surface area contributed by atoms with E-state index in [1.807, 2.05) is 6.07 Å². The number of methoxy groups -OCH3 is 1. The fourth-order valence-corrected chi connectivity index (χ4v) is 2.95. The molecule has 0 aromatic heterocycles. The molecule has 0 spiro atoms. The number of rotatable bonds is 4. The largest absolute Gasteiger partial charge is 0.496 e. The molecule has 19 heavy (non-hydrogen) atoms. The number of aliphatic hydroxyl groups excluding tert-OH is 1. The second-order valence-corrected chi connectivity index (χ2v) is 5.68. The Bertz CT molecular complexity index is 411.